The average molecular weight is 714 g/mol. The molecule has 2 aliphatic carbocycles. The number of benzene rings is 8. The van der Waals surface area contributed by atoms with Crippen LogP contribution in [0.1, 0.15) is 22.3 Å². The molecule has 0 amide bonds. The van der Waals surface area contributed by atoms with Crippen molar-refractivity contribution in [2.45, 2.75) is 5.41 Å². The third-order valence-corrected chi connectivity index (χ3v) is 11.8. The van der Waals surface area contributed by atoms with Gasteiger partial charge in [0.1, 0.15) is 11.2 Å². The van der Waals surface area contributed by atoms with E-state index < -0.39 is 5.41 Å². The summed E-state index contributed by atoms with van der Waals surface area (Å²) in [7, 11) is 0. The van der Waals surface area contributed by atoms with E-state index in [1.165, 1.54) is 44.5 Å². The van der Waals surface area contributed by atoms with Crippen molar-refractivity contribution in [3.63, 3.8) is 0 Å². The number of hydrogen-bond acceptors (Lipinski definition) is 4. The predicted octanol–water partition coefficient (Wildman–Crippen LogP) is 12.8. The molecule has 56 heavy (non-hydrogen) atoms. The highest BCUT2D eigenvalue weighted by atomic mass is 16.3. The Labute approximate surface area is 323 Å². The zero-order valence-electron chi connectivity index (χ0n) is 30.1. The fourth-order valence-electron chi connectivity index (χ4n) is 9.36. The average Bonchev–Trinajstić information content (AvgIpc) is 3.91. The van der Waals surface area contributed by atoms with Gasteiger partial charge in [0, 0.05) is 33.0 Å². The van der Waals surface area contributed by atoms with E-state index in [1.807, 2.05) is 60.7 Å². The maximum Gasteiger partial charge on any atom is 0.164 e. The van der Waals surface area contributed by atoms with E-state index in [1.54, 1.807) is 0 Å². The molecule has 0 aliphatic heterocycles. The van der Waals surface area contributed by atoms with Crippen molar-refractivity contribution < 1.29 is 4.42 Å². The first-order valence-electron chi connectivity index (χ1n) is 19.0. The Kier molecular flexibility index (Phi) is 6.52. The number of fused-ring (bicyclic) bond motifs is 14. The highest BCUT2D eigenvalue weighted by Gasteiger charge is 2.52. The molecule has 10 aromatic rings. The van der Waals surface area contributed by atoms with Crippen LogP contribution in [0.25, 0.3) is 89.5 Å². The Bertz CT molecular complexity index is 3100. The molecule has 0 saturated heterocycles. The van der Waals surface area contributed by atoms with E-state index in [0.717, 1.165) is 49.8 Å². The van der Waals surface area contributed by atoms with Crippen LogP contribution in [0.15, 0.2) is 192 Å². The van der Waals surface area contributed by atoms with Crippen molar-refractivity contribution in [1.29, 1.82) is 0 Å². The van der Waals surface area contributed by atoms with E-state index >= 15 is 0 Å². The summed E-state index contributed by atoms with van der Waals surface area (Å²) in [6, 6.07) is 66.5. The molecule has 0 N–H and O–H groups in total. The number of hydrogen-bond donors (Lipinski definition) is 0. The molecule has 260 valence electrons. The molecule has 8 aromatic carbocycles. The van der Waals surface area contributed by atoms with E-state index in [0.29, 0.717) is 17.5 Å². The van der Waals surface area contributed by atoms with Gasteiger partial charge >= 0.3 is 0 Å². The van der Waals surface area contributed by atoms with Crippen molar-refractivity contribution >= 4 is 21.9 Å². The zero-order chi connectivity index (χ0) is 36.8. The standard InChI is InChI=1S/C52H31N3O/c1-3-14-32(15-4-1)49-53-50(33-16-5-2-6-17-33)55-51(54-49)36-19-13-18-34(30-36)35-26-27-39-40-28-29-45-47(48(40)56-46(39)31-35)41-22-9-12-25-44(41)52(45)42-23-10-7-20-37(42)38-21-8-11-24-43(38)52/h1-31H. The van der Waals surface area contributed by atoms with Gasteiger partial charge in [-0.1, -0.05) is 170 Å². The summed E-state index contributed by atoms with van der Waals surface area (Å²) in [6.45, 7) is 0. The molecular weight excluding hydrogens is 683 g/mol. The monoisotopic (exact) mass is 713 g/mol. The lowest BCUT2D eigenvalue weighted by atomic mass is 9.70. The SMILES string of the molecule is c1ccc(-c2nc(-c3ccccc3)nc(-c3cccc(-c4ccc5c(c4)oc4c6c(ccc45)C4(c5ccccc5-c5ccccc54)c4ccccc4-6)c3)n2)cc1. The normalized spacial score (nSPS) is 13.1. The molecular formula is C52H31N3O. The highest BCUT2D eigenvalue weighted by Crippen LogP contribution is 2.64. The second-order valence-electron chi connectivity index (χ2n) is 14.7. The van der Waals surface area contributed by atoms with Crippen molar-refractivity contribution in [2.75, 3.05) is 0 Å². The van der Waals surface area contributed by atoms with Crippen LogP contribution < -0.4 is 0 Å². The molecule has 2 aromatic heterocycles. The topological polar surface area (TPSA) is 51.8 Å². The smallest absolute Gasteiger partial charge is 0.164 e. The van der Waals surface area contributed by atoms with Gasteiger partial charge in [-0.05, 0) is 68.3 Å². The summed E-state index contributed by atoms with van der Waals surface area (Å²) >= 11 is 0. The van der Waals surface area contributed by atoms with Crippen molar-refractivity contribution in [3.8, 4) is 67.5 Å². The molecule has 0 radical (unpaired) electrons. The molecule has 0 fully saturated rings. The minimum atomic E-state index is -0.409. The second kappa shape index (κ2) is 11.8. The maximum atomic E-state index is 7.00. The molecule has 1 spiro atoms. The first kappa shape index (κ1) is 31.0. The fraction of sp³-hybridized carbons (Fsp3) is 0.0192. The molecule has 0 unspecified atom stereocenters. The van der Waals surface area contributed by atoms with Crippen LogP contribution in [-0.2, 0) is 5.41 Å². The van der Waals surface area contributed by atoms with Crippen LogP contribution in [0.4, 0.5) is 0 Å². The maximum absolute atomic E-state index is 7.00. The Hall–Kier alpha value is -7.43. The van der Waals surface area contributed by atoms with Gasteiger partial charge in [0.2, 0.25) is 0 Å². The summed E-state index contributed by atoms with van der Waals surface area (Å²) in [5.74, 6) is 1.91. The molecule has 0 bridgehead atoms. The number of aromatic nitrogens is 3. The molecule has 2 heterocycles. The Morgan fingerprint density at radius 1 is 0.339 bits per heavy atom. The lowest BCUT2D eigenvalue weighted by molar-refractivity contribution is 0.669. The van der Waals surface area contributed by atoms with E-state index in [9.17, 15) is 0 Å². The molecule has 12 rings (SSSR count). The van der Waals surface area contributed by atoms with E-state index in [4.69, 9.17) is 19.4 Å². The fourth-order valence-corrected chi connectivity index (χ4v) is 9.36. The second-order valence-corrected chi connectivity index (χ2v) is 14.7. The molecule has 0 atom stereocenters. The lowest BCUT2D eigenvalue weighted by Crippen LogP contribution is -2.25. The van der Waals surface area contributed by atoms with Crippen molar-refractivity contribution in [2.24, 2.45) is 0 Å². The number of furan rings is 1. The van der Waals surface area contributed by atoms with Crippen LogP contribution in [0.2, 0.25) is 0 Å². The van der Waals surface area contributed by atoms with E-state index in [-0.39, 0.29) is 0 Å². The van der Waals surface area contributed by atoms with Crippen LogP contribution in [0.3, 0.4) is 0 Å². The summed E-state index contributed by atoms with van der Waals surface area (Å²) in [6.07, 6.45) is 0. The minimum Gasteiger partial charge on any atom is -0.455 e. The highest BCUT2D eigenvalue weighted by molar-refractivity contribution is 6.13. The van der Waals surface area contributed by atoms with Gasteiger partial charge in [0.15, 0.2) is 17.5 Å². The molecule has 4 nitrogen and oxygen atoms in total. The van der Waals surface area contributed by atoms with E-state index in [2.05, 4.69) is 127 Å². The summed E-state index contributed by atoms with van der Waals surface area (Å²) in [5.41, 5.74) is 16.6. The summed E-state index contributed by atoms with van der Waals surface area (Å²) in [5, 5.41) is 2.23. The van der Waals surface area contributed by atoms with Crippen LogP contribution >= 0.6 is 0 Å². The van der Waals surface area contributed by atoms with Crippen LogP contribution in [0.5, 0.6) is 0 Å². The third-order valence-electron chi connectivity index (χ3n) is 11.8. The molecule has 4 heteroatoms. The quantitative estimate of drug-likeness (QED) is 0.182. The predicted molar refractivity (Wildman–Crippen MR) is 225 cm³/mol. The first-order valence-corrected chi connectivity index (χ1v) is 19.0. The minimum absolute atomic E-state index is 0.409. The van der Waals surface area contributed by atoms with Gasteiger partial charge in [0.05, 0.1) is 5.41 Å². The van der Waals surface area contributed by atoms with Gasteiger partial charge in [-0.15, -0.1) is 0 Å². The number of rotatable bonds is 4. The molecule has 0 saturated carbocycles. The van der Waals surface area contributed by atoms with Crippen LogP contribution in [0, 0.1) is 0 Å². The largest absolute Gasteiger partial charge is 0.455 e. The Morgan fingerprint density at radius 3 is 1.46 bits per heavy atom. The zero-order valence-corrected chi connectivity index (χ0v) is 30.1. The van der Waals surface area contributed by atoms with Gasteiger partial charge in [-0.25, -0.2) is 15.0 Å². The molecule has 2 aliphatic rings. The third kappa shape index (κ3) is 4.32. The van der Waals surface area contributed by atoms with Gasteiger partial charge in [-0.3, -0.25) is 0 Å². The summed E-state index contributed by atoms with van der Waals surface area (Å²) < 4.78 is 7.00. The number of nitrogens with zero attached hydrogens (tertiary/aromatic N) is 3. The Balaban J connectivity index is 1.01. The lowest BCUT2D eigenvalue weighted by Gasteiger charge is -2.30. The Morgan fingerprint density at radius 2 is 0.821 bits per heavy atom. The van der Waals surface area contributed by atoms with Gasteiger partial charge in [0.25, 0.3) is 0 Å². The van der Waals surface area contributed by atoms with Crippen LogP contribution in [-0.4, -0.2) is 15.0 Å². The van der Waals surface area contributed by atoms with Crippen molar-refractivity contribution in [1.82, 2.24) is 15.0 Å². The van der Waals surface area contributed by atoms with Gasteiger partial charge < -0.3 is 4.42 Å². The first-order chi connectivity index (χ1) is 27.8. The van der Waals surface area contributed by atoms with Crippen molar-refractivity contribution in [3.05, 3.63) is 210 Å². The van der Waals surface area contributed by atoms with Gasteiger partial charge in [-0.2, -0.15) is 0 Å². The summed E-state index contributed by atoms with van der Waals surface area (Å²) in [4.78, 5) is 14.8.